The van der Waals surface area contributed by atoms with Gasteiger partial charge in [-0.1, -0.05) is 54.6 Å². The number of nitrogens with zero attached hydrogens (tertiary/aromatic N) is 2. The van der Waals surface area contributed by atoms with Gasteiger partial charge in [0.2, 0.25) is 5.91 Å². The number of azo groups is 1. The highest BCUT2D eigenvalue weighted by molar-refractivity contribution is 5.88. The lowest BCUT2D eigenvalue weighted by atomic mass is 10.3. The molecule has 0 aromatic heterocycles. The molecule has 0 unspecified atom stereocenters. The highest BCUT2D eigenvalue weighted by Gasteiger charge is 1.90. The molecule has 0 aliphatic carbocycles. The third-order valence-electron chi connectivity index (χ3n) is 2.89. The molecule has 0 aliphatic rings. The molecule has 0 radical (unpaired) electrons. The summed E-state index contributed by atoms with van der Waals surface area (Å²) in [5.41, 5.74) is 2.59. The van der Waals surface area contributed by atoms with Gasteiger partial charge < -0.3 is 5.32 Å². The van der Waals surface area contributed by atoms with Crippen LogP contribution in [0.1, 0.15) is 6.92 Å². The van der Waals surface area contributed by atoms with Crippen molar-refractivity contribution in [2.45, 2.75) is 6.92 Å². The average Bonchev–Trinajstić information content (AvgIpc) is 2.63. The fraction of sp³-hybridized carbons (Fsp3) is 0.0500. The van der Waals surface area contributed by atoms with E-state index >= 15 is 0 Å². The van der Waals surface area contributed by atoms with E-state index in [1.54, 1.807) is 0 Å². The summed E-state index contributed by atoms with van der Waals surface area (Å²) in [6.45, 7) is 1.49. The highest BCUT2D eigenvalue weighted by atomic mass is 16.1. The lowest BCUT2D eigenvalue weighted by Gasteiger charge is -1.98. The SMILES string of the molecule is CC(=O)Nc1ccccc1.c1ccc(N=Nc2ccccc2)cc1. The van der Waals surface area contributed by atoms with Gasteiger partial charge in [-0.15, -0.1) is 0 Å². The van der Waals surface area contributed by atoms with E-state index in [1.807, 2.05) is 91.0 Å². The van der Waals surface area contributed by atoms with Gasteiger partial charge in [0.15, 0.2) is 0 Å². The average molecular weight is 317 g/mol. The molecule has 4 heteroatoms. The first-order valence-electron chi connectivity index (χ1n) is 7.58. The van der Waals surface area contributed by atoms with Gasteiger partial charge >= 0.3 is 0 Å². The Labute approximate surface area is 141 Å². The first kappa shape index (κ1) is 17.1. The van der Waals surface area contributed by atoms with Gasteiger partial charge in [-0.2, -0.15) is 10.2 Å². The Hall–Kier alpha value is -3.27. The maximum atomic E-state index is 10.5. The van der Waals surface area contributed by atoms with E-state index in [4.69, 9.17) is 0 Å². The van der Waals surface area contributed by atoms with Crippen LogP contribution in [0.3, 0.4) is 0 Å². The summed E-state index contributed by atoms with van der Waals surface area (Å²) in [4.78, 5) is 10.5. The molecular weight excluding hydrogens is 298 g/mol. The molecule has 0 saturated carbocycles. The summed E-state index contributed by atoms with van der Waals surface area (Å²) in [6.07, 6.45) is 0. The monoisotopic (exact) mass is 317 g/mol. The molecule has 0 spiro atoms. The normalized spacial score (nSPS) is 9.88. The van der Waals surface area contributed by atoms with E-state index in [2.05, 4.69) is 15.5 Å². The molecular formula is C20H19N3O. The summed E-state index contributed by atoms with van der Waals surface area (Å²) in [5.74, 6) is -0.0359. The van der Waals surface area contributed by atoms with Crippen molar-refractivity contribution in [3.8, 4) is 0 Å². The van der Waals surface area contributed by atoms with E-state index in [0.717, 1.165) is 17.1 Å². The van der Waals surface area contributed by atoms with Crippen molar-refractivity contribution in [2.75, 3.05) is 5.32 Å². The zero-order chi connectivity index (χ0) is 17.0. The fourth-order valence-corrected chi connectivity index (χ4v) is 1.83. The second-order valence-corrected chi connectivity index (χ2v) is 4.92. The van der Waals surface area contributed by atoms with Crippen LogP contribution in [0.25, 0.3) is 0 Å². The number of carbonyl (C=O) groups is 1. The minimum atomic E-state index is -0.0359. The topological polar surface area (TPSA) is 53.8 Å². The molecule has 0 atom stereocenters. The second kappa shape index (κ2) is 9.69. The quantitative estimate of drug-likeness (QED) is 0.615. The molecule has 1 amide bonds. The number of hydrogen-bond donors (Lipinski definition) is 1. The number of anilines is 1. The first-order chi connectivity index (χ1) is 11.7. The van der Waals surface area contributed by atoms with Gasteiger partial charge in [0.05, 0.1) is 11.4 Å². The number of benzene rings is 3. The number of para-hydroxylation sites is 1. The molecule has 3 aromatic rings. The Morgan fingerprint density at radius 1 is 0.667 bits per heavy atom. The van der Waals surface area contributed by atoms with Crippen molar-refractivity contribution in [1.82, 2.24) is 0 Å². The van der Waals surface area contributed by atoms with Crippen molar-refractivity contribution < 1.29 is 4.79 Å². The number of carbonyl (C=O) groups excluding carboxylic acids is 1. The number of amides is 1. The lowest BCUT2D eigenvalue weighted by Crippen LogP contribution is -2.04. The van der Waals surface area contributed by atoms with Gasteiger partial charge in [0.1, 0.15) is 0 Å². The highest BCUT2D eigenvalue weighted by Crippen LogP contribution is 2.16. The summed E-state index contributed by atoms with van der Waals surface area (Å²) >= 11 is 0. The van der Waals surface area contributed by atoms with Crippen LogP contribution in [-0.2, 0) is 4.79 Å². The number of rotatable bonds is 3. The second-order valence-electron chi connectivity index (χ2n) is 4.92. The Kier molecular flexibility index (Phi) is 6.90. The van der Waals surface area contributed by atoms with Crippen LogP contribution in [0.2, 0.25) is 0 Å². The van der Waals surface area contributed by atoms with Crippen LogP contribution >= 0.6 is 0 Å². The Bertz CT molecular complexity index is 715. The van der Waals surface area contributed by atoms with Crippen molar-refractivity contribution >= 4 is 23.0 Å². The molecule has 1 N–H and O–H groups in total. The van der Waals surface area contributed by atoms with Gasteiger partial charge in [0.25, 0.3) is 0 Å². The Morgan fingerprint density at radius 2 is 1.04 bits per heavy atom. The van der Waals surface area contributed by atoms with E-state index < -0.39 is 0 Å². The Morgan fingerprint density at radius 3 is 1.42 bits per heavy atom. The van der Waals surface area contributed by atoms with Crippen LogP contribution in [0.15, 0.2) is 101 Å². The van der Waals surface area contributed by atoms with Gasteiger partial charge in [-0.05, 0) is 36.4 Å². The standard InChI is InChI=1S/C12H10N2.C8H9NO/c1-3-7-11(8-4-1)13-14-12-9-5-2-6-10-12;1-7(10)9-8-5-3-2-4-6-8/h1-10H;2-6H,1H3,(H,9,10). The largest absolute Gasteiger partial charge is 0.326 e. The van der Waals surface area contributed by atoms with Gasteiger partial charge in [0, 0.05) is 12.6 Å². The van der Waals surface area contributed by atoms with Crippen molar-refractivity contribution in [3.63, 3.8) is 0 Å². The minimum Gasteiger partial charge on any atom is -0.326 e. The summed E-state index contributed by atoms with van der Waals surface area (Å²) in [7, 11) is 0. The fourth-order valence-electron chi connectivity index (χ4n) is 1.83. The summed E-state index contributed by atoms with van der Waals surface area (Å²) < 4.78 is 0. The smallest absolute Gasteiger partial charge is 0.221 e. The molecule has 0 heterocycles. The molecule has 24 heavy (non-hydrogen) atoms. The van der Waals surface area contributed by atoms with Crippen LogP contribution in [0.5, 0.6) is 0 Å². The molecule has 3 rings (SSSR count). The zero-order valence-electron chi connectivity index (χ0n) is 13.5. The summed E-state index contributed by atoms with van der Waals surface area (Å²) in [6, 6.07) is 28.8. The first-order valence-corrected chi connectivity index (χ1v) is 7.58. The molecule has 0 saturated heterocycles. The third kappa shape index (κ3) is 6.66. The third-order valence-corrected chi connectivity index (χ3v) is 2.89. The zero-order valence-corrected chi connectivity index (χ0v) is 13.5. The Balaban J connectivity index is 0.000000185. The molecule has 0 aliphatic heterocycles. The maximum absolute atomic E-state index is 10.5. The lowest BCUT2D eigenvalue weighted by molar-refractivity contribution is -0.114. The van der Waals surface area contributed by atoms with E-state index in [9.17, 15) is 4.79 Å². The summed E-state index contributed by atoms with van der Waals surface area (Å²) in [5, 5.41) is 10.9. The molecule has 120 valence electrons. The predicted molar refractivity (Wildman–Crippen MR) is 97.8 cm³/mol. The van der Waals surface area contributed by atoms with Crippen molar-refractivity contribution in [1.29, 1.82) is 0 Å². The number of hydrogen-bond acceptors (Lipinski definition) is 3. The van der Waals surface area contributed by atoms with E-state index in [1.165, 1.54) is 6.92 Å². The van der Waals surface area contributed by atoms with E-state index in [0.29, 0.717) is 0 Å². The van der Waals surface area contributed by atoms with Crippen LogP contribution in [0, 0.1) is 0 Å². The molecule has 4 nitrogen and oxygen atoms in total. The number of nitrogens with one attached hydrogen (secondary N) is 1. The van der Waals surface area contributed by atoms with Crippen LogP contribution in [0.4, 0.5) is 17.1 Å². The minimum absolute atomic E-state index is 0.0359. The maximum Gasteiger partial charge on any atom is 0.221 e. The van der Waals surface area contributed by atoms with E-state index in [-0.39, 0.29) is 5.91 Å². The van der Waals surface area contributed by atoms with Gasteiger partial charge in [-0.3, -0.25) is 4.79 Å². The molecule has 0 fully saturated rings. The van der Waals surface area contributed by atoms with Crippen molar-refractivity contribution in [2.24, 2.45) is 10.2 Å². The molecule has 3 aromatic carbocycles. The van der Waals surface area contributed by atoms with Gasteiger partial charge in [-0.25, -0.2) is 0 Å². The van der Waals surface area contributed by atoms with Crippen LogP contribution in [-0.4, -0.2) is 5.91 Å². The van der Waals surface area contributed by atoms with Crippen molar-refractivity contribution in [3.05, 3.63) is 91.0 Å². The molecule has 0 bridgehead atoms. The predicted octanol–water partition coefficient (Wildman–Crippen LogP) is 5.75. The van der Waals surface area contributed by atoms with Crippen LogP contribution < -0.4 is 5.32 Å².